The molecule has 0 amide bonds. The molecule has 18 heavy (non-hydrogen) atoms. The fourth-order valence-corrected chi connectivity index (χ4v) is 2.10. The van der Waals surface area contributed by atoms with E-state index in [0.29, 0.717) is 11.6 Å². The zero-order valence-corrected chi connectivity index (χ0v) is 11.1. The topological polar surface area (TPSA) is 38.4 Å². The van der Waals surface area contributed by atoms with E-state index >= 15 is 0 Å². The van der Waals surface area contributed by atoms with Crippen LogP contribution in [-0.2, 0) is 0 Å². The highest BCUT2D eigenvalue weighted by Crippen LogP contribution is 2.28. The molecule has 2 atom stereocenters. The number of aliphatic imine (C=N–C) groups is 1. The SMILES string of the molecule is CC1CCC(N=C(C=C(N)C(F)(F)F)C(C)C)C1. The van der Waals surface area contributed by atoms with Gasteiger partial charge in [0.15, 0.2) is 0 Å². The summed E-state index contributed by atoms with van der Waals surface area (Å²) in [6, 6.07) is 0.148. The van der Waals surface area contributed by atoms with E-state index in [1.165, 1.54) is 0 Å². The zero-order valence-electron chi connectivity index (χ0n) is 11.1. The summed E-state index contributed by atoms with van der Waals surface area (Å²) in [4.78, 5) is 4.44. The molecule has 0 aromatic heterocycles. The Kier molecular flexibility index (Phi) is 4.82. The number of nitrogens with zero attached hydrogens (tertiary/aromatic N) is 1. The van der Waals surface area contributed by atoms with Crippen LogP contribution < -0.4 is 5.73 Å². The zero-order chi connectivity index (χ0) is 13.9. The maximum atomic E-state index is 12.4. The van der Waals surface area contributed by atoms with Gasteiger partial charge in [-0.2, -0.15) is 13.2 Å². The largest absolute Gasteiger partial charge is 0.430 e. The molecule has 1 saturated carbocycles. The molecule has 2 N–H and O–H groups in total. The maximum absolute atomic E-state index is 12.4. The van der Waals surface area contributed by atoms with Crippen molar-refractivity contribution in [2.24, 2.45) is 22.6 Å². The third-order valence-corrected chi connectivity index (χ3v) is 3.22. The van der Waals surface area contributed by atoms with Gasteiger partial charge in [-0.05, 0) is 37.2 Å². The average Bonchev–Trinajstić information content (AvgIpc) is 2.61. The van der Waals surface area contributed by atoms with Gasteiger partial charge >= 0.3 is 6.18 Å². The van der Waals surface area contributed by atoms with Gasteiger partial charge in [0.2, 0.25) is 0 Å². The lowest BCUT2D eigenvalue weighted by Crippen LogP contribution is -2.22. The number of halogens is 3. The molecule has 0 spiro atoms. The molecule has 1 aliphatic rings. The van der Waals surface area contributed by atoms with Crippen molar-refractivity contribution < 1.29 is 13.2 Å². The molecule has 1 aliphatic carbocycles. The number of hydrogen-bond donors (Lipinski definition) is 1. The average molecular weight is 262 g/mol. The summed E-state index contributed by atoms with van der Waals surface area (Å²) in [6.07, 6.45) is -0.489. The Hall–Kier alpha value is -1.00. The van der Waals surface area contributed by atoms with Crippen LogP contribution in [-0.4, -0.2) is 17.9 Å². The summed E-state index contributed by atoms with van der Waals surface area (Å²) in [7, 11) is 0. The molecule has 104 valence electrons. The Bertz CT molecular complexity index is 343. The summed E-state index contributed by atoms with van der Waals surface area (Å²) in [5.41, 5.74) is 4.43. The fraction of sp³-hybridized carbons (Fsp3) is 0.769. The first-order chi connectivity index (χ1) is 8.20. The van der Waals surface area contributed by atoms with Gasteiger partial charge in [-0.1, -0.05) is 20.8 Å². The fourth-order valence-electron chi connectivity index (χ4n) is 2.10. The Morgan fingerprint density at radius 1 is 1.33 bits per heavy atom. The maximum Gasteiger partial charge on any atom is 0.430 e. The van der Waals surface area contributed by atoms with Gasteiger partial charge in [0.25, 0.3) is 0 Å². The van der Waals surface area contributed by atoms with E-state index in [4.69, 9.17) is 5.73 Å². The first-order valence-corrected chi connectivity index (χ1v) is 6.32. The van der Waals surface area contributed by atoms with E-state index in [1.54, 1.807) is 0 Å². The van der Waals surface area contributed by atoms with E-state index in [2.05, 4.69) is 11.9 Å². The molecule has 0 radical (unpaired) electrons. The Balaban J connectivity index is 2.87. The highest BCUT2D eigenvalue weighted by atomic mass is 19.4. The van der Waals surface area contributed by atoms with Crippen molar-refractivity contribution >= 4 is 5.71 Å². The highest BCUT2D eigenvalue weighted by Gasteiger charge is 2.32. The van der Waals surface area contributed by atoms with E-state index < -0.39 is 11.9 Å². The molecule has 0 aliphatic heterocycles. The molecule has 0 aromatic rings. The number of allylic oxidation sites excluding steroid dienone is 2. The van der Waals surface area contributed by atoms with Crippen molar-refractivity contribution in [3.05, 3.63) is 11.8 Å². The molecule has 0 saturated heterocycles. The molecule has 1 fully saturated rings. The van der Waals surface area contributed by atoms with Gasteiger partial charge in [-0.25, -0.2) is 0 Å². The van der Waals surface area contributed by atoms with Crippen molar-refractivity contribution in [3.8, 4) is 0 Å². The van der Waals surface area contributed by atoms with Crippen molar-refractivity contribution in [1.82, 2.24) is 0 Å². The van der Waals surface area contributed by atoms with Crippen molar-refractivity contribution in [3.63, 3.8) is 0 Å². The second-order valence-corrected chi connectivity index (χ2v) is 5.38. The van der Waals surface area contributed by atoms with Gasteiger partial charge in [0.05, 0.1) is 6.04 Å². The van der Waals surface area contributed by atoms with E-state index in [1.807, 2.05) is 13.8 Å². The van der Waals surface area contributed by atoms with Crippen LogP contribution in [0.4, 0.5) is 13.2 Å². The van der Waals surface area contributed by atoms with Gasteiger partial charge in [0.1, 0.15) is 5.70 Å². The minimum Gasteiger partial charge on any atom is -0.395 e. The second kappa shape index (κ2) is 5.76. The lowest BCUT2D eigenvalue weighted by molar-refractivity contribution is -0.0925. The molecule has 0 aromatic carbocycles. The number of nitrogens with two attached hydrogens (primary N) is 1. The molecular formula is C13H21F3N2. The van der Waals surface area contributed by atoms with Crippen LogP contribution in [0.25, 0.3) is 0 Å². The lowest BCUT2D eigenvalue weighted by Gasteiger charge is -2.13. The Labute approximate surface area is 106 Å². The molecule has 2 unspecified atom stereocenters. The number of alkyl halides is 3. The first-order valence-electron chi connectivity index (χ1n) is 6.32. The third-order valence-electron chi connectivity index (χ3n) is 3.22. The minimum absolute atomic E-state index is 0.0539. The van der Waals surface area contributed by atoms with Crippen LogP contribution in [0.15, 0.2) is 16.8 Å². The van der Waals surface area contributed by atoms with E-state index in [-0.39, 0.29) is 12.0 Å². The molecule has 0 bridgehead atoms. The molecule has 5 heteroatoms. The van der Waals surface area contributed by atoms with Gasteiger partial charge in [0, 0.05) is 5.71 Å². The van der Waals surface area contributed by atoms with Crippen LogP contribution in [0.1, 0.15) is 40.0 Å². The summed E-state index contributed by atoms with van der Waals surface area (Å²) in [5, 5.41) is 0. The van der Waals surface area contributed by atoms with Gasteiger partial charge in [-0.15, -0.1) is 0 Å². The smallest absolute Gasteiger partial charge is 0.395 e. The van der Waals surface area contributed by atoms with Crippen molar-refractivity contribution in [1.29, 1.82) is 0 Å². The molecule has 0 heterocycles. The summed E-state index contributed by atoms with van der Waals surface area (Å²) in [5.74, 6) is 0.554. The standard InChI is InChI=1S/C13H21F3N2/c1-8(2)11(7-12(17)13(14,15)16)18-10-5-4-9(3)6-10/h7-10H,4-6,17H2,1-3H3. The Morgan fingerprint density at radius 2 is 1.94 bits per heavy atom. The minimum atomic E-state index is -4.47. The third kappa shape index (κ3) is 4.35. The predicted octanol–water partition coefficient (Wildman–Crippen LogP) is 3.68. The summed E-state index contributed by atoms with van der Waals surface area (Å²) in [6.45, 7) is 5.80. The molecular weight excluding hydrogens is 241 g/mol. The summed E-state index contributed by atoms with van der Waals surface area (Å²) >= 11 is 0. The normalized spacial score (nSPS) is 27.1. The Morgan fingerprint density at radius 3 is 2.33 bits per heavy atom. The van der Waals surface area contributed by atoms with E-state index in [0.717, 1.165) is 25.3 Å². The van der Waals surface area contributed by atoms with Crippen LogP contribution in [0, 0.1) is 11.8 Å². The monoisotopic (exact) mass is 262 g/mol. The van der Waals surface area contributed by atoms with Crippen LogP contribution in [0.3, 0.4) is 0 Å². The van der Waals surface area contributed by atoms with Gasteiger partial charge in [-0.3, -0.25) is 4.99 Å². The summed E-state index contributed by atoms with van der Waals surface area (Å²) < 4.78 is 37.2. The predicted molar refractivity (Wildman–Crippen MR) is 67.4 cm³/mol. The highest BCUT2D eigenvalue weighted by molar-refractivity contribution is 5.97. The van der Waals surface area contributed by atoms with E-state index in [9.17, 15) is 13.2 Å². The van der Waals surface area contributed by atoms with Crippen LogP contribution in [0.5, 0.6) is 0 Å². The quantitative estimate of drug-likeness (QED) is 0.774. The molecule has 2 nitrogen and oxygen atoms in total. The molecule has 1 rings (SSSR count). The van der Waals surface area contributed by atoms with Crippen LogP contribution >= 0.6 is 0 Å². The lowest BCUT2D eigenvalue weighted by atomic mass is 10.1. The van der Waals surface area contributed by atoms with Crippen molar-refractivity contribution in [2.75, 3.05) is 0 Å². The van der Waals surface area contributed by atoms with Gasteiger partial charge < -0.3 is 5.73 Å². The number of rotatable bonds is 3. The first kappa shape index (κ1) is 15.1. The van der Waals surface area contributed by atoms with Crippen molar-refractivity contribution in [2.45, 2.75) is 52.3 Å². The van der Waals surface area contributed by atoms with Crippen LogP contribution in [0.2, 0.25) is 0 Å². The second-order valence-electron chi connectivity index (χ2n) is 5.38. The number of hydrogen-bond acceptors (Lipinski definition) is 2.